The van der Waals surface area contributed by atoms with Gasteiger partial charge in [0.2, 0.25) is 0 Å². The Balaban J connectivity index is 1.77. The summed E-state index contributed by atoms with van der Waals surface area (Å²) in [6.45, 7) is 4.20. The fourth-order valence-electron chi connectivity index (χ4n) is 3.28. The number of aliphatic carboxylic acids is 1. The standard InChI is InChI=1S/C17H22O4/c1-16(10-20-11-16)12-21-14-6-4-5-13(9-14)17(15(18)19)7-2-3-8-17/h4-6,9H,2-3,7-8,10-12H2,1H3,(H,18,19). The molecule has 1 aliphatic heterocycles. The minimum Gasteiger partial charge on any atom is -0.493 e. The summed E-state index contributed by atoms with van der Waals surface area (Å²) in [5.41, 5.74) is 0.247. The number of benzene rings is 1. The Kier molecular flexibility index (Phi) is 3.66. The van der Waals surface area contributed by atoms with Gasteiger partial charge in [0, 0.05) is 5.41 Å². The number of carboxylic acids is 1. The van der Waals surface area contributed by atoms with Gasteiger partial charge in [0.25, 0.3) is 0 Å². The fourth-order valence-corrected chi connectivity index (χ4v) is 3.28. The molecule has 1 N–H and O–H groups in total. The number of hydrogen-bond acceptors (Lipinski definition) is 3. The lowest BCUT2D eigenvalue weighted by molar-refractivity contribution is -0.143. The molecule has 4 heteroatoms. The Hall–Kier alpha value is -1.55. The second-order valence-electron chi connectivity index (χ2n) is 6.71. The molecule has 4 nitrogen and oxygen atoms in total. The Morgan fingerprint density at radius 1 is 1.33 bits per heavy atom. The van der Waals surface area contributed by atoms with Crippen LogP contribution in [0.1, 0.15) is 38.2 Å². The molecule has 1 saturated heterocycles. The van der Waals surface area contributed by atoms with Crippen molar-refractivity contribution in [3.05, 3.63) is 29.8 Å². The molecule has 0 amide bonds. The first-order valence-corrected chi connectivity index (χ1v) is 7.59. The zero-order valence-electron chi connectivity index (χ0n) is 12.4. The van der Waals surface area contributed by atoms with Crippen LogP contribution in [0.3, 0.4) is 0 Å². The second kappa shape index (κ2) is 5.34. The molecular weight excluding hydrogens is 268 g/mol. The largest absolute Gasteiger partial charge is 0.493 e. The lowest BCUT2D eigenvalue weighted by Crippen LogP contribution is -2.44. The molecular formula is C17H22O4. The monoisotopic (exact) mass is 290 g/mol. The predicted octanol–water partition coefficient (Wildman–Crippen LogP) is 3.00. The highest BCUT2D eigenvalue weighted by molar-refractivity contribution is 5.82. The molecule has 3 rings (SSSR count). The maximum atomic E-state index is 11.8. The highest BCUT2D eigenvalue weighted by Gasteiger charge is 2.43. The first-order chi connectivity index (χ1) is 10.0. The summed E-state index contributed by atoms with van der Waals surface area (Å²) in [7, 11) is 0. The summed E-state index contributed by atoms with van der Waals surface area (Å²) >= 11 is 0. The number of hydrogen-bond donors (Lipinski definition) is 1. The third kappa shape index (κ3) is 2.64. The van der Waals surface area contributed by atoms with Crippen LogP contribution >= 0.6 is 0 Å². The van der Waals surface area contributed by atoms with Crippen molar-refractivity contribution in [3.63, 3.8) is 0 Å². The predicted molar refractivity (Wildman–Crippen MR) is 78.6 cm³/mol. The normalized spacial score (nSPS) is 22.5. The van der Waals surface area contributed by atoms with E-state index in [0.717, 1.165) is 50.2 Å². The number of carbonyl (C=O) groups is 1. The zero-order valence-corrected chi connectivity index (χ0v) is 12.4. The van der Waals surface area contributed by atoms with Crippen molar-refractivity contribution in [1.29, 1.82) is 0 Å². The van der Waals surface area contributed by atoms with Gasteiger partial charge in [-0.2, -0.15) is 0 Å². The molecule has 2 fully saturated rings. The van der Waals surface area contributed by atoms with Gasteiger partial charge in [0.1, 0.15) is 5.75 Å². The van der Waals surface area contributed by atoms with Crippen LogP contribution in [0.25, 0.3) is 0 Å². The minimum absolute atomic E-state index is 0.0911. The number of carboxylic acid groups (broad SMARTS) is 1. The van der Waals surface area contributed by atoms with E-state index in [0.29, 0.717) is 6.61 Å². The Morgan fingerprint density at radius 2 is 2.05 bits per heavy atom. The van der Waals surface area contributed by atoms with Gasteiger partial charge in [-0.25, -0.2) is 0 Å². The van der Waals surface area contributed by atoms with Crippen LogP contribution in [0.2, 0.25) is 0 Å². The molecule has 114 valence electrons. The molecule has 1 aromatic rings. The van der Waals surface area contributed by atoms with Gasteiger partial charge in [0.05, 0.1) is 25.2 Å². The van der Waals surface area contributed by atoms with Gasteiger partial charge in [-0.15, -0.1) is 0 Å². The third-order valence-electron chi connectivity index (χ3n) is 4.74. The molecule has 1 aliphatic carbocycles. The van der Waals surface area contributed by atoms with Gasteiger partial charge < -0.3 is 14.6 Å². The lowest BCUT2D eigenvalue weighted by Gasteiger charge is -2.37. The van der Waals surface area contributed by atoms with E-state index in [9.17, 15) is 9.90 Å². The highest BCUT2D eigenvalue weighted by atomic mass is 16.5. The van der Waals surface area contributed by atoms with Crippen LogP contribution in [0, 0.1) is 5.41 Å². The van der Waals surface area contributed by atoms with Crippen molar-refractivity contribution in [2.45, 2.75) is 38.0 Å². The van der Waals surface area contributed by atoms with E-state index >= 15 is 0 Å². The summed E-state index contributed by atoms with van der Waals surface area (Å²) in [6, 6.07) is 7.62. The molecule has 0 spiro atoms. The number of rotatable bonds is 5. The summed E-state index contributed by atoms with van der Waals surface area (Å²) in [4.78, 5) is 11.8. The van der Waals surface area contributed by atoms with Gasteiger partial charge in [0.15, 0.2) is 0 Å². The molecule has 1 aromatic carbocycles. The van der Waals surface area contributed by atoms with Crippen molar-refractivity contribution in [1.82, 2.24) is 0 Å². The van der Waals surface area contributed by atoms with Crippen LogP contribution in [0.15, 0.2) is 24.3 Å². The van der Waals surface area contributed by atoms with Crippen molar-refractivity contribution in [2.24, 2.45) is 5.41 Å². The molecule has 1 heterocycles. The maximum Gasteiger partial charge on any atom is 0.314 e. The van der Waals surface area contributed by atoms with Gasteiger partial charge in [-0.1, -0.05) is 31.9 Å². The van der Waals surface area contributed by atoms with E-state index in [-0.39, 0.29) is 5.41 Å². The quantitative estimate of drug-likeness (QED) is 0.905. The average molecular weight is 290 g/mol. The Morgan fingerprint density at radius 3 is 2.62 bits per heavy atom. The molecule has 2 aliphatic rings. The summed E-state index contributed by atoms with van der Waals surface area (Å²) < 4.78 is 11.1. The zero-order chi connectivity index (χ0) is 14.9. The van der Waals surface area contributed by atoms with E-state index in [1.54, 1.807) is 0 Å². The minimum atomic E-state index is -0.719. The highest BCUT2D eigenvalue weighted by Crippen LogP contribution is 2.42. The Bertz CT molecular complexity index is 527. The van der Waals surface area contributed by atoms with Crippen LogP contribution in [0.5, 0.6) is 5.75 Å². The average Bonchev–Trinajstić information content (AvgIpc) is 2.94. The van der Waals surface area contributed by atoms with Gasteiger partial charge >= 0.3 is 5.97 Å². The second-order valence-corrected chi connectivity index (χ2v) is 6.71. The third-order valence-corrected chi connectivity index (χ3v) is 4.74. The summed E-state index contributed by atoms with van der Waals surface area (Å²) in [6.07, 6.45) is 3.40. The first-order valence-electron chi connectivity index (χ1n) is 7.59. The van der Waals surface area contributed by atoms with Crippen LogP contribution < -0.4 is 4.74 Å². The van der Waals surface area contributed by atoms with E-state index in [1.807, 2.05) is 24.3 Å². The van der Waals surface area contributed by atoms with Crippen molar-refractivity contribution in [2.75, 3.05) is 19.8 Å². The summed E-state index contributed by atoms with van der Waals surface area (Å²) in [5, 5.41) is 9.66. The van der Waals surface area contributed by atoms with Crippen molar-refractivity contribution >= 4 is 5.97 Å². The smallest absolute Gasteiger partial charge is 0.314 e. The maximum absolute atomic E-state index is 11.8. The first kappa shape index (κ1) is 14.4. The lowest BCUT2D eigenvalue weighted by atomic mass is 9.79. The SMILES string of the molecule is CC1(COc2cccc(C3(C(=O)O)CCCC3)c2)COC1. The Labute approximate surface area is 125 Å². The molecule has 0 atom stereocenters. The molecule has 1 saturated carbocycles. The van der Waals surface area contributed by atoms with E-state index in [4.69, 9.17) is 9.47 Å². The van der Waals surface area contributed by atoms with Crippen LogP contribution in [0.4, 0.5) is 0 Å². The van der Waals surface area contributed by atoms with Crippen molar-refractivity contribution in [3.8, 4) is 5.75 Å². The van der Waals surface area contributed by atoms with E-state index in [1.165, 1.54) is 0 Å². The molecule has 0 radical (unpaired) electrons. The van der Waals surface area contributed by atoms with Crippen LogP contribution in [-0.4, -0.2) is 30.9 Å². The van der Waals surface area contributed by atoms with Gasteiger partial charge in [-0.05, 0) is 30.5 Å². The molecule has 21 heavy (non-hydrogen) atoms. The molecule has 0 aromatic heterocycles. The van der Waals surface area contributed by atoms with Crippen molar-refractivity contribution < 1.29 is 19.4 Å². The van der Waals surface area contributed by atoms with Crippen LogP contribution in [-0.2, 0) is 14.9 Å². The molecule has 0 bridgehead atoms. The fraction of sp³-hybridized carbons (Fsp3) is 0.588. The van der Waals surface area contributed by atoms with E-state index in [2.05, 4.69) is 6.92 Å². The number of ether oxygens (including phenoxy) is 2. The topological polar surface area (TPSA) is 55.8 Å². The summed E-state index contributed by atoms with van der Waals surface area (Å²) in [5.74, 6) is 0.0460. The molecule has 0 unspecified atom stereocenters. The van der Waals surface area contributed by atoms with E-state index < -0.39 is 11.4 Å². The van der Waals surface area contributed by atoms with Gasteiger partial charge in [-0.3, -0.25) is 4.79 Å².